The maximum atomic E-state index is 11.2. The lowest BCUT2D eigenvalue weighted by Crippen LogP contribution is -2.25. The van der Waals surface area contributed by atoms with E-state index in [-0.39, 0.29) is 11.6 Å². The van der Waals surface area contributed by atoms with Gasteiger partial charge < -0.3 is 5.32 Å². The molecular formula is C8H13N3O2. The first-order valence-corrected chi connectivity index (χ1v) is 4.26. The molecule has 0 atom stereocenters. The molecule has 5 nitrogen and oxygen atoms in total. The second-order valence-electron chi connectivity index (χ2n) is 3.23. The molecule has 72 valence electrons. The normalized spacial score (nSPS) is 10.4. The fourth-order valence-corrected chi connectivity index (χ4v) is 0.830. The van der Waals surface area contributed by atoms with Gasteiger partial charge in [0.05, 0.1) is 0 Å². The molecule has 1 aromatic heterocycles. The summed E-state index contributed by atoms with van der Waals surface area (Å²) in [4.78, 5) is 11.2. The largest absolute Gasteiger partial charge is 0.351 e. The molecule has 1 amide bonds. The van der Waals surface area contributed by atoms with Crippen LogP contribution in [0.1, 0.15) is 30.8 Å². The van der Waals surface area contributed by atoms with E-state index in [1.807, 2.05) is 0 Å². The number of carbonyl (C=O) groups excluding carboxylic acids is 1. The molecule has 0 bridgehead atoms. The van der Waals surface area contributed by atoms with Gasteiger partial charge >= 0.3 is 0 Å². The van der Waals surface area contributed by atoms with Crippen LogP contribution in [-0.2, 0) is 0 Å². The average molecular weight is 183 g/mol. The van der Waals surface area contributed by atoms with E-state index >= 15 is 0 Å². The zero-order valence-electron chi connectivity index (χ0n) is 7.78. The third-order valence-corrected chi connectivity index (χ3v) is 1.60. The van der Waals surface area contributed by atoms with Crippen LogP contribution < -0.4 is 5.32 Å². The molecule has 0 unspecified atom stereocenters. The SMILES string of the molecule is CC(C)CCNC(=O)c1cnon1. The molecule has 1 N–H and O–H groups in total. The Balaban J connectivity index is 2.27. The van der Waals surface area contributed by atoms with Gasteiger partial charge in [-0.25, -0.2) is 4.63 Å². The quantitative estimate of drug-likeness (QED) is 0.751. The van der Waals surface area contributed by atoms with Crippen LogP contribution in [0.25, 0.3) is 0 Å². The van der Waals surface area contributed by atoms with E-state index in [4.69, 9.17) is 0 Å². The summed E-state index contributed by atoms with van der Waals surface area (Å²) in [6.07, 6.45) is 2.25. The molecule has 0 saturated heterocycles. The van der Waals surface area contributed by atoms with Crippen molar-refractivity contribution in [2.24, 2.45) is 5.92 Å². The molecule has 0 aliphatic carbocycles. The van der Waals surface area contributed by atoms with E-state index in [2.05, 4.69) is 34.1 Å². The number of hydrogen-bond donors (Lipinski definition) is 1. The van der Waals surface area contributed by atoms with E-state index in [1.54, 1.807) is 0 Å². The third kappa shape index (κ3) is 3.23. The Morgan fingerprint density at radius 1 is 1.69 bits per heavy atom. The van der Waals surface area contributed by atoms with Crippen LogP contribution in [0.15, 0.2) is 10.8 Å². The van der Waals surface area contributed by atoms with Gasteiger partial charge in [-0.1, -0.05) is 19.0 Å². The Morgan fingerprint density at radius 2 is 2.46 bits per heavy atom. The highest BCUT2D eigenvalue weighted by Crippen LogP contribution is 1.97. The van der Waals surface area contributed by atoms with Crippen LogP contribution in [0.4, 0.5) is 0 Å². The Bertz CT molecular complexity index is 256. The van der Waals surface area contributed by atoms with Crippen molar-refractivity contribution in [3.63, 3.8) is 0 Å². The zero-order valence-corrected chi connectivity index (χ0v) is 7.78. The maximum Gasteiger partial charge on any atom is 0.275 e. The number of nitrogens with zero attached hydrogens (tertiary/aromatic N) is 2. The topological polar surface area (TPSA) is 68.0 Å². The first-order chi connectivity index (χ1) is 6.20. The minimum atomic E-state index is -0.234. The summed E-state index contributed by atoms with van der Waals surface area (Å²) in [5.74, 6) is 0.345. The number of rotatable bonds is 4. The van der Waals surface area contributed by atoms with Crippen LogP contribution in [-0.4, -0.2) is 22.8 Å². The van der Waals surface area contributed by atoms with Gasteiger partial charge in [0.2, 0.25) is 0 Å². The molecule has 13 heavy (non-hydrogen) atoms. The van der Waals surface area contributed by atoms with E-state index in [1.165, 1.54) is 6.20 Å². The predicted molar refractivity (Wildman–Crippen MR) is 46.1 cm³/mol. The lowest BCUT2D eigenvalue weighted by atomic mass is 10.1. The van der Waals surface area contributed by atoms with Crippen molar-refractivity contribution in [3.8, 4) is 0 Å². The Labute approximate surface area is 76.5 Å². The predicted octanol–water partition coefficient (Wildman–Crippen LogP) is 0.845. The van der Waals surface area contributed by atoms with Gasteiger partial charge in [-0.2, -0.15) is 0 Å². The van der Waals surface area contributed by atoms with Crippen molar-refractivity contribution in [2.45, 2.75) is 20.3 Å². The van der Waals surface area contributed by atoms with E-state index < -0.39 is 0 Å². The van der Waals surface area contributed by atoms with Gasteiger partial charge in [0, 0.05) is 6.54 Å². The van der Waals surface area contributed by atoms with Crippen molar-refractivity contribution in [2.75, 3.05) is 6.54 Å². The second kappa shape index (κ2) is 4.59. The Hall–Kier alpha value is -1.39. The smallest absolute Gasteiger partial charge is 0.275 e. The zero-order chi connectivity index (χ0) is 9.68. The number of carbonyl (C=O) groups is 1. The lowest BCUT2D eigenvalue weighted by Gasteiger charge is -2.04. The standard InChI is InChI=1S/C8H13N3O2/c1-6(2)3-4-9-8(12)7-5-10-13-11-7/h5-6H,3-4H2,1-2H3,(H,9,12). The van der Waals surface area contributed by atoms with Crippen LogP contribution in [0.3, 0.4) is 0 Å². The van der Waals surface area contributed by atoms with E-state index in [0.717, 1.165) is 6.42 Å². The number of hydrogen-bond acceptors (Lipinski definition) is 4. The molecule has 5 heteroatoms. The van der Waals surface area contributed by atoms with Gasteiger partial charge in [0.25, 0.3) is 5.91 Å². The summed E-state index contributed by atoms with van der Waals surface area (Å²) in [5, 5.41) is 9.47. The first-order valence-electron chi connectivity index (χ1n) is 4.26. The molecule has 0 saturated carbocycles. The molecule has 1 heterocycles. The summed E-state index contributed by atoms with van der Waals surface area (Å²) in [5.41, 5.74) is 0.226. The third-order valence-electron chi connectivity index (χ3n) is 1.60. The number of nitrogens with one attached hydrogen (secondary N) is 1. The molecule has 0 spiro atoms. The van der Waals surface area contributed by atoms with E-state index in [9.17, 15) is 4.79 Å². The van der Waals surface area contributed by atoms with Crippen molar-refractivity contribution in [1.29, 1.82) is 0 Å². The molecule has 0 aromatic carbocycles. The highest BCUT2D eigenvalue weighted by molar-refractivity contribution is 5.91. The number of amides is 1. The van der Waals surface area contributed by atoms with Gasteiger partial charge in [-0.05, 0) is 17.5 Å². The Morgan fingerprint density at radius 3 is 3.00 bits per heavy atom. The summed E-state index contributed by atoms with van der Waals surface area (Å²) in [7, 11) is 0. The van der Waals surface area contributed by atoms with E-state index in [0.29, 0.717) is 12.5 Å². The van der Waals surface area contributed by atoms with Crippen molar-refractivity contribution in [3.05, 3.63) is 11.9 Å². The highest BCUT2D eigenvalue weighted by Gasteiger charge is 2.08. The van der Waals surface area contributed by atoms with Crippen molar-refractivity contribution in [1.82, 2.24) is 15.6 Å². The van der Waals surface area contributed by atoms with Crippen LogP contribution >= 0.6 is 0 Å². The van der Waals surface area contributed by atoms with Crippen LogP contribution in [0, 0.1) is 5.92 Å². The molecule has 0 radical (unpaired) electrons. The molecule has 1 aromatic rings. The lowest BCUT2D eigenvalue weighted by molar-refractivity contribution is 0.0942. The van der Waals surface area contributed by atoms with Gasteiger partial charge in [-0.3, -0.25) is 4.79 Å². The summed E-state index contributed by atoms with van der Waals surface area (Å²) < 4.78 is 4.30. The molecular weight excluding hydrogens is 170 g/mol. The Kier molecular flexibility index (Phi) is 3.42. The van der Waals surface area contributed by atoms with Crippen molar-refractivity contribution < 1.29 is 9.42 Å². The fourth-order valence-electron chi connectivity index (χ4n) is 0.830. The van der Waals surface area contributed by atoms with Crippen LogP contribution in [0.2, 0.25) is 0 Å². The minimum absolute atomic E-state index is 0.226. The molecule has 0 aliphatic rings. The molecule has 1 rings (SSSR count). The summed E-state index contributed by atoms with van der Waals surface area (Å²) in [6, 6.07) is 0. The van der Waals surface area contributed by atoms with Crippen LogP contribution in [0.5, 0.6) is 0 Å². The fraction of sp³-hybridized carbons (Fsp3) is 0.625. The van der Waals surface area contributed by atoms with Gasteiger partial charge in [0.15, 0.2) is 5.69 Å². The monoisotopic (exact) mass is 183 g/mol. The summed E-state index contributed by atoms with van der Waals surface area (Å²) in [6.45, 7) is 4.86. The van der Waals surface area contributed by atoms with Gasteiger partial charge in [0.1, 0.15) is 6.20 Å². The van der Waals surface area contributed by atoms with Gasteiger partial charge in [-0.15, -0.1) is 0 Å². The molecule has 0 aliphatic heterocycles. The number of aromatic nitrogens is 2. The maximum absolute atomic E-state index is 11.2. The second-order valence-corrected chi connectivity index (χ2v) is 3.23. The summed E-state index contributed by atoms with van der Waals surface area (Å²) >= 11 is 0. The first kappa shape index (κ1) is 9.70. The minimum Gasteiger partial charge on any atom is -0.351 e. The highest BCUT2D eigenvalue weighted by atomic mass is 16.6. The molecule has 0 fully saturated rings. The average Bonchev–Trinajstić information content (AvgIpc) is 2.55. The van der Waals surface area contributed by atoms with Crippen molar-refractivity contribution >= 4 is 5.91 Å².